The number of para-hydroxylation sites is 2. The summed E-state index contributed by atoms with van der Waals surface area (Å²) in [5.74, 6) is 1.15. The van der Waals surface area contributed by atoms with Gasteiger partial charge in [0.25, 0.3) is 0 Å². The Kier molecular flexibility index (Phi) is 3.47. The van der Waals surface area contributed by atoms with Crippen molar-refractivity contribution in [2.24, 2.45) is 5.73 Å². The largest absolute Gasteiger partial charge is 0.495 e. The normalized spacial score (nSPS) is 12.2. The van der Waals surface area contributed by atoms with Crippen molar-refractivity contribution in [1.29, 1.82) is 0 Å². The van der Waals surface area contributed by atoms with E-state index in [2.05, 4.69) is 10.2 Å². The summed E-state index contributed by atoms with van der Waals surface area (Å²) in [6.45, 7) is 1.79. The second-order valence-corrected chi connectivity index (χ2v) is 3.94. The van der Waals surface area contributed by atoms with Crippen molar-refractivity contribution in [3.63, 3.8) is 0 Å². The Morgan fingerprint density at radius 1 is 1.33 bits per heavy atom. The van der Waals surface area contributed by atoms with Crippen molar-refractivity contribution >= 4 is 11.7 Å². The zero-order valence-electron chi connectivity index (χ0n) is 10.6. The number of hydrogen-bond acceptors (Lipinski definition) is 6. The van der Waals surface area contributed by atoms with Crippen molar-refractivity contribution in [3.8, 4) is 5.75 Å². The van der Waals surface area contributed by atoms with Crippen LogP contribution in [-0.2, 0) is 0 Å². The summed E-state index contributed by atoms with van der Waals surface area (Å²) in [7, 11) is 3.45. The van der Waals surface area contributed by atoms with Gasteiger partial charge in [0.15, 0.2) is 0 Å². The first-order valence-electron chi connectivity index (χ1n) is 5.59. The van der Waals surface area contributed by atoms with Gasteiger partial charge in [0.1, 0.15) is 5.75 Å². The fraction of sp³-hybridized carbons (Fsp3) is 0.333. The van der Waals surface area contributed by atoms with E-state index in [1.165, 1.54) is 0 Å². The number of benzene rings is 1. The second kappa shape index (κ2) is 5.05. The Morgan fingerprint density at radius 2 is 2.06 bits per heavy atom. The summed E-state index contributed by atoms with van der Waals surface area (Å²) in [5.41, 5.74) is 6.53. The van der Waals surface area contributed by atoms with Crippen LogP contribution in [0.1, 0.15) is 18.9 Å². The van der Waals surface area contributed by atoms with Crippen LogP contribution < -0.4 is 15.4 Å². The van der Waals surface area contributed by atoms with Gasteiger partial charge >= 0.3 is 6.01 Å². The first-order chi connectivity index (χ1) is 8.63. The standard InChI is InChI=1S/C12H16N4O2/c1-8(13)11-14-15-12(18-11)16(2)9-6-4-5-7-10(9)17-3/h4-8H,13H2,1-3H3. The molecule has 0 aliphatic rings. The van der Waals surface area contributed by atoms with Gasteiger partial charge in [-0.1, -0.05) is 17.2 Å². The highest BCUT2D eigenvalue weighted by atomic mass is 16.5. The molecular formula is C12H16N4O2. The van der Waals surface area contributed by atoms with Gasteiger partial charge in [-0.15, -0.1) is 5.10 Å². The molecule has 0 amide bonds. The molecule has 2 rings (SSSR count). The molecule has 18 heavy (non-hydrogen) atoms. The maximum atomic E-state index is 5.68. The van der Waals surface area contributed by atoms with E-state index in [1.807, 2.05) is 31.3 Å². The van der Waals surface area contributed by atoms with Crippen LogP contribution in [0, 0.1) is 0 Å². The summed E-state index contributed by atoms with van der Waals surface area (Å²) in [4.78, 5) is 1.76. The SMILES string of the molecule is COc1ccccc1N(C)c1nnc(C(C)N)o1. The van der Waals surface area contributed by atoms with Crippen LogP contribution in [0.15, 0.2) is 28.7 Å². The molecule has 1 unspecified atom stereocenters. The zero-order valence-corrected chi connectivity index (χ0v) is 10.6. The van der Waals surface area contributed by atoms with E-state index in [9.17, 15) is 0 Å². The predicted octanol–water partition coefficient (Wildman–Crippen LogP) is 1.87. The van der Waals surface area contributed by atoms with E-state index >= 15 is 0 Å². The molecule has 0 aliphatic carbocycles. The molecule has 96 valence electrons. The van der Waals surface area contributed by atoms with Crippen molar-refractivity contribution in [3.05, 3.63) is 30.2 Å². The highest BCUT2D eigenvalue weighted by Gasteiger charge is 2.16. The third-order valence-electron chi connectivity index (χ3n) is 2.55. The molecule has 1 heterocycles. The number of anilines is 2. The molecule has 2 N–H and O–H groups in total. The monoisotopic (exact) mass is 248 g/mol. The highest BCUT2D eigenvalue weighted by Crippen LogP contribution is 2.31. The van der Waals surface area contributed by atoms with Gasteiger partial charge in [-0.3, -0.25) is 4.90 Å². The van der Waals surface area contributed by atoms with Crippen molar-refractivity contribution in [1.82, 2.24) is 10.2 Å². The smallest absolute Gasteiger partial charge is 0.322 e. The Hall–Kier alpha value is -2.08. The van der Waals surface area contributed by atoms with Crippen LogP contribution in [0.2, 0.25) is 0 Å². The molecule has 6 heteroatoms. The predicted molar refractivity (Wildman–Crippen MR) is 68.0 cm³/mol. The lowest BCUT2D eigenvalue weighted by atomic mass is 10.3. The van der Waals surface area contributed by atoms with E-state index < -0.39 is 0 Å². The lowest BCUT2D eigenvalue weighted by Gasteiger charge is -2.17. The van der Waals surface area contributed by atoms with Gasteiger partial charge in [0.2, 0.25) is 5.89 Å². The minimum atomic E-state index is -0.280. The highest BCUT2D eigenvalue weighted by molar-refractivity contribution is 5.63. The Labute approximate surface area is 105 Å². The summed E-state index contributed by atoms with van der Waals surface area (Å²) >= 11 is 0. The molecule has 0 saturated carbocycles. The van der Waals surface area contributed by atoms with Gasteiger partial charge in [0, 0.05) is 7.05 Å². The van der Waals surface area contributed by atoms with Gasteiger partial charge in [-0.2, -0.15) is 0 Å². The van der Waals surface area contributed by atoms with E-state index in [1.54, 1.807) is 18.9 Å². The van der Waals surface area contributed by atoms with E-state index in [-0.39, 0.29) is 6.04 Å². The van der Waals surface area contributed by atoms with Crippen molar-refractivity contribution < 1.29 is 9.15 Å². The quantitative estimate of drug-likeness (QED) is 0.890. The van der Waals surface area contributed by atoms with E-state index in [4.69, 9.17) is 14.9 Å². The van der Waals surface area contributed by atoms with Crippen molar-refractivity contribution in [2.75, 3.05) is 19.1 Å². The summed E-state index contributed by atoms with van der Waals surface area (Å²) in [6, 6.07) is 7.70. The summed E-state index contributed by atoms with van der Waals surface area (Å²) < 4.78 is 10.8. The first kappa shape index (κ1) is 12.4. The van der Waals surface area contributed by atoms with Gasteiger partial charge in [0.05, 0.1) is 18.8 Å². The number of hydrogen-bond donors (Lipinski definition) is 1. The van der Waals surface area contributed by atoms with E-state index in [0.717, 1.165) is 11.4 Å². The summed E-state index contributed by atoms with van der Waals surface area (Å²) in [5, 5.41) is 7.86. The van der Waals surface area contributed by atoms with Crippen LogP contribution in [0.25, 0.3) is 0 Å². The number of ether oxygens (including phenoxy) is 1. The fourth-order valence-corrected chi connectivity index (χ4v) is 1.56. The third kappa shape index (κ3) is 2.28. The maximum Gasteiger partial charge on any atom is 0.322 e. The van der Waals surface area contributed by atoms with Gasteiger partial charge < -0.3 is 14.9 Å². The average Bonchev–Trinajstić information content (AvgIpc) is 2.87. The van der Waals surface area contributed by atoms with Gasteiger partial charge in [-0.05, 0) is 19.1 Å². The molecule has 0 fully saturated rings. The van der Waals surface area contributed by atoms with Crippen LogP contribution in [0.4, 0.5) is 11.7 Å². The molecular weight excluding hydrogens is 232 g/mol. The number of nitrogens with two attached hydrogens (primary N) is 1. The topological polar surface area (TPSA) is 77.4 Å². The molecule has 1 atom stereocenters. The number of methoxy groups -OCH3 is 1. The molecule has 0 bridgehead atoms. The van der Waals surface area contributed by atoms with Gasteiger partial charge in [-0.25, -0.2) is 0 Å². The minimum Gasteiger partial charge on any atom is -0.495 e. The van der Waals surface area contributed by atoms with Crippen LogP contribution >= 0.6 is 0 Å². The fourth-order valence-electron chi connectivity index (χ4n) is 1.56. The lowest BCUT2D eigenvalue weighted by molar-refractivity contribution is 0.414. The van der Waals surface area contributed by atoms with E-state index in [0.29, 0.717) is 11.9 Å². The van der Waals surface area contributed by atoms with Crippen LogP contribution in [0.5, 0.6) is 5.75 Å². The molecule has 0 aliphatic heterocycles. The molecule has 0 saturated heterocycles. The van der Waals surface area contributed by atoms with Crippen LogP contribution in [-0.4, -0.2) is 24.4 Å². The minimum absolute atomic E-state index is 0.280. The maximum absolute atomic E-state index is 5.68. The Bertz CT molecular complexity index is 524. The molecule has 0 radical (unpaired) electrons. The summed E-state index contributed by atoms with van der Waals surface area (Å²) in [6.07, 6.45) is 0. The first-order valence-corrected chi connectivity index (χ1v) is 5.59. The Balaban J connectivity index is 2.32. The molecule has 0 spiro atoms. The number of aromatic nitrogens is 2. The number of nitrogens with zero attached hydrogens (tertiary/aromatic N) is 3. The molecule has 6 nitrogen and oxygen atoms in total. The van der Waals surface area contributed by atoms with Crippen LogP contribution in [0.3, 0.4) is 0 Å². The number of rotatable bonds is 4. The molecule has 1 aromatic carbocycles. The average molecular weight is 248 g/mol. The molecule has 2 aromatic rings. The zero-order chi connectivity index (χ0) is 13.1. The Morgan fingerprint density at radius 3 is 2.67 bits per heavy atom. The lowest BCUT2D eigenvalue weighted by Crippen LogP contribution is -2.11. The molecule has 1 aromatic heterocycles. The second-order valence-electron chi connectivity index (χ2n) is 3.94. The third-order valence-corrected chi connectivity index (χ3v) is 2.55. The van der Waals surface area contributed by atoms with Crippen molar-refractivity contribution in [2.45, 2.75) is 13.0 Å².